The van der Waals surface area contributed by atoms with Crippen molar-refractivity contribution in [1.82, 2.24) is 0 Å². The summed E-state index contributed by atoms with van der Waals surface area (Å²) in [6.07, 6.45) is 1.51. The van der Waals surface area contributed by atoms with Crippen LogP contribution in [0, 0.1) is 0 Å². The lowest BCUT2D eigenvalue weighted by Crippen LogP contribution is -2.30. The summed E-state index contributed by atoms with van der Waals surface area (Å²) in [5.74, 6) is 0. The van der Waals surface area contributed by atoms with Crippen LogP contribution in [-0.4, -0.2) is 17.3 Å². The van der Waals surface area contributed by atoms with E-state index in [2.05, 4.69) is 0 Å². The first kappa shape index (κ1) is 7.92. The van der Waals surface area contributed by atoms with Crippen molar-refractivity contribution in [2.24, 2.45) is 5.73 Å². The summed E-state index contributed by atoms with van der Waals surface area (Å²) in [5.41, 5.74) is 5.37. The minimum atomic E-state index is -0.306. The van der Waals surface area contributed by atoms with Gasteiger partial charge in [-0.05, 0) is 13.3 Å². The summed E-state index contributed by atoms with van der Waals surface area (Å²) in [6.45, 7) is 3.85. The van der Waals surface area contributed by atoms with Crippen LogP contribution in [0.4, 0.5) is 0 Å². The molecule has 0 saturated heterocycles. The zero-order valence-electron chi connectivity index (χ0n) is 5.59. The molecule has 50 valence electrons. The minimum absolute atomic E-state index is 0.0741. The van der Waals surface area contributed by atoms with Gasteiger partial charge in [-0.15, -0.1) is 0 Å². The molecule has 0 unspecified atom stereocenters. The van der Waals surface area contributed by atoms with Crippen molar-refractivity contribution in [3.8, 4) is 0 Å². The van der Waals surface area contributed by atoms with E-state index in [4.69, 9.17) is 10.8 Å². The molecule has 0 aliphatic carbocycles. The van der Waals surface area contributed by atoms with Crippen LogP contribution in [-0.2, 0) is 0 Å². The standard InChI is InChI=1S/C6H15NO/c1-3-4-6(8)5(2)7/h5-6,8H,3-4,7H2,1-2H3/t5-,6+/m1/s1. The topological polar surface area (TPSA) is 46.2 Å². The molecule has 0 amide bonds. The normalized spacial score (nSPS) is 18.0. The fourth-order valence-corrected chi connectivity index (χ4v) is 0.559. The lowest BCUT2D eigenvalue weighted by Gasteiger charge is -2.11. The van der Waals surface area contributed by atoms with E-state index in [-0.39, 0.29) is 12.1 Å². The number of nitrogens with two attached hydrogens (primary N) is 1. The maximum absolute atomic E-state index is 9.00. The van der Waals surface area contributed by atoms with E-state index in [1.807, 2.05) is 13.8 Å². The average molecular weight is 117 g/mol. The van der Waals surface area contributed by atoms with E-state index in [0.717, 1.165) is 12.8 Å². The predicted octanol–water partition coefficient (Wildman–Crippen LogP) is 0.495. The van der Waals surface area contributed by atoms with Crippen molar-refractivity contribution in [2.45, 2.75) is 38.8 Å². The Bertz CT molecular complexity index is 54.5. The van der Waals surface area contributed by atoms with Crippen LogP contribution in [0.3, 0.4) is 0 Å². The van der Waals surface area contributed by atoms with Crippen LogP contribution >= 0.6 is 0 Å². The molecule has 2 heteroatoms. The molecule has 0 rings (SSSR count). The summed E-state index contributed by atoms with van der Waals surface area (Å²) in [4.78, 5) is 0. The number of rotatable bonds is 3. The molecule has 0 aromatic rings. The Labute approximate surface area is 50.7 Å². The van der Waals surface area contributed by atoms with E-state index in [9.17, 15) is 0 Å². The van der Waals surface area contributed by atoms with Gasteiger partial charge in [-0.25, -0.2) is 0 Å². The molecule has 0 aromatic carbocycles. The Kier molecular flexibility index (Phi) is 3.83. The largest absolute Gasteiger partial charge is 0.392 e. The molecule has 2 nitrogen and oxygen atoms in total. The maximum Gasteiger partial charge on any atom is 0.0688 e. The molecule has 0 heterocycles. The molecule has 0 aliphatic heterocycles. The Morgan fingerprint density at radius 1 is 1.62 bits per heavy atom. The van der Waals surface area contributed by atoms with Crippen LogP contribution < -0.4 is 5.73 Å². The average Bonchev–Trinajstić information content (AvgIpc) is 1.67. The SMILES string of the molecule is CCC[C@H](O)[C@@H](C)N. The van der Waals surface area contributed by atoms with Crippen LogP contribution in [0.25, 0.3) is 0 Å². The van der Waals surface area contributed by atoms with E-state index >= 15 is 0 Å². The number of hydrogen-bond donors (Lipinski definition) is 2. The molecule has 0 spiro atoms. The second-order valence-corrected chi connectivity index (χ2v) is 2.22. The minimum Gasteiger partial charge on any atom is -0.392 e. The fraction of sp³-hybridized carbons (Fsp3) is 1.00. The second-order valence-electron chi connectivity index (χ2n) is 2.22. The monoisotopic (exact) mass is 117 g/mol. The lowest BCUT2D eigenvalue weighted by atomic mass is 10.1. The van der Waals surface area contributed by atoms with Gasteiger partial charge in [-0.1, -0.05) is 13.3 Å². The quantitative estimate of drug-likeness (QED) is 0.565. The summed E-state index contributed by atoms with van der Waals surface area (Å²) < 4.78 is 0. The molecule has 3 N–H and O–H groups in total. The van der Waals surface area contributed by atoms with Gasteiger partial charge in [0.15, 0.2) is 0 Å². The fourth-order valence-electron chi connectivity index (χ4n) is 0.559. The van der Waals surface area contributed by atoms with Crippen LogP contribution in [0.15, 0.2) is 0 Å². The van der Waals surface area contributed by atoms with E-state index in [1.165, 1.54) is 0 Å². The van der Waals surface area contributed by atoms with Gasteiger partial charge in [-0.2, -0.15) is 0 Å². The molecular weight excluding hydrogens is 102 g/mol. The van der Waals surface area contributed by atoms with Crippen LogP contribution in [0.5, 0.6) is 0 Å². The molecule has 8 heavy (non-hydrogen) atoms. The third kappa shape index (κ3) is 2.99. The van der Waals surface area contributed by atoms with Gasteiger partial charge < -0.3 is 10.8 Å². The molecule has 0 saturated carbocycles. The number of aliphatic hydroxyl groups is 1. The van der Waals surface area contributed by atoms with Crippen molar-refractivity contribution in [2.75, 3.05) is 0 Å². The Morgan fingerprint density at radius 3 is 2.25 bits per heavy atom. The first-order chi connectivity index (χ1) is 3.68. The molecule has 0 bridgehead atoms. The zero-order valence-corrected chi connectivity index (χ0v) is 5.59. The Morgan fingerprint density at radius 2 is 2.12 bits per heavy atom. The first-order valence-electron chi connectivity index (χ1n) is 3.12. The Hall–Kier alpha value is -0.0800. The van der Waals surface area contributed by atoms with Gasteiger partial charge in [0, 0.05) is 6.04 Å². The van der Waals surface area contributed by atoms with Gasteiger partial charge in [0.05, 0.1) is 6.10 Å². The van der Waals surface area contributed by atoms with Crippen molar-refractivity contribution >= 4 is 0 Å². The van der Waals surface area contributed by atoms with Gasteiger partial charge in [0.2, 0.25) is 0 Å². The molecule has 0 aliphatic rings. The van der Waals surface area contributed by atoms with Gasteiger partial charge >= 0.3 is 0 Å². The highest BCUT2D eigenvalue weighted by Gasteiger charge is 2.05. The van der Waals surface area contributed by atoms with Gasteiger partial charge in [0.1, 0.15) is 0 Å². The number of aliphatic hydroxyl groups excluding tert-OH is 1. The lowest BCUT2D eigenvalue weighted by molar-refractivity contribution is 0.140. The van der Waals surface area contributed by atoms with Crippen molar-refractivity contribution < 1.29 is 5.11 Å². The third-order valence-electron chi connectivity index (χ3n) is 1.19. The summed E-state index contributed by atoms with van der Waals surface area (Å²) >= 11 is 0. The zero-order chi connectivity index (χ0) is 6.57. The molecule has 0 aromatic heterocycles. The van der Waals surface area contributed by atoms with E-state index in [1.54, 1.807) is 0 Å². The van der Waals surface area contributed by atoms with Crippen LogP contribution in [0.1, 0.15) is 26.7 Å². The van der Waals surface area contributed by atoms with Crippen LogP contribution in [0.2, 0.25) is 0 Å². The van der Waals surface area contributed by atoms with E-state index < -0.39 is 0 Å². The summed E-state index contributed by atoms with van der Waals surface area (Å²) in [7, 11) is 0. The second kappa shape index (κ2) is 3.87. The van der Waals surface area contributed by atoms with Gasteiger partial charge in [0.25, 0.3) is 0 Å². The predicted molar refractivity (Wildman–Crippen MR) is 34.6 cm³/mol. The highest BCUT2D eigenvalue weighted by atomic mass is 16.3. The molecule has 2 atom stereocenters. The van der Waals surface area contributed by atoms with Crippen molar-refractivity contribution in [3.05, 3.63) is 0 Å². The van der Waals surface area contributed by atoms with E-state index in [0.29, 0.717) is 0 Å². The van der Waals surface area contributed by atoms with Gasteiger partial charge in [-0.3, -0.25) is 0 Å². The smallest absolute Gasteiger partial charge is 0.0688 e. The highest BCUT2D eigenvalue weighted by molar-refractivity contribution is 4.64. The Balaban J connectivity index is 3.17. The molecular formula is C6H15NO. The molecule has 0 fully saturated rings. The van der Waals surface area contributed by atoms with Crippen molar-refractivity contribution in [1.29, 1.82) is 0 Å². The number of hydrogen-bond acceptors (Lipinski definition) is 2. The first-order valence-corrected chi connectivity index (χ1v) is 3.12. The van der Waals surface area contributed by atoms with Crippen molar-refractivity contribution in [3.63, 3.8) is 0 Å². The highest BCUT2D eigenvalue weighted by Crippen LogP contribution is 1.97. The summed E-state index contributed by atoms with van der Waals surface area (Å²) in [5, 5.41) is 9.00. The maximum atomic E-state index is 9.00. The summed E-state index contributed by atoms with van der Waals surface area (Å²) in [6, 6.07) is -0.0741. The third-order valence-corrected chi connectivity index (χ3v) is 1.19. The molecule has 0 radical (unpaired) electrons.